The summed E-state index contributed by atoms with van der Waals surface area (Å²) in [6.45, 7) is 4.04. The maximum absolute atomic E-state index is 13.4. The normalized spacial score (nSPS) is 17.6. The predicted octanol–water partition coefficient (Wildman–Crippen LogP) is 2.93. The molecule has 3 heterocycles. The first-order valence-electron chi connectivity index (χ1n) is 9.71. The highest BCUT2D eigenvalue weighted by Gasteiger charge is 2.37. The number of nitrogens with zero attached hydrogens (tertiary/aromatic N) is 4. The second kappa shape index (κ2) is 7.18. The molecule has 0 unspecified atom stereocenters. The van der Waals surface area contributed by atoms with Crippen LogP contribution in [-0.2, 0) is 4.79 Å². The van der Waals surface area contributed by atoms with Gasteiger partial charge in [-0.15, -0.1) is 0 Å². The lowest BCUT2D eigenvalue weighted by Gasteiger charge is -2.43. The van der Waals surface area contributed by atoms with Crippen LogP contribution in [0, 0.1) is 11.7 Å². The molecule has 0 bridgehead atoms. The number of phenolic OH excluding ortho intramolecular Hbond substituents is 1. The van der Waals surface area contributed by atoms with Crippen molar-refractivity contribution in [1.82, 2.24) is 9.88 Å². The van der Waals surface area contributed by atoms with Crippen molar-refractivity contribution in [3.05, 3.63) is 48.3 Å². The molecule has 1 aromatic heterocycles. The molecule has 150 valence electrons. The molecule has 2 aromatic carbocycles. The van der Waals surface area contributed by atoms with E-state index in [9.17, 15) is 14.3 Å². The van der Waals surface area contributed by atoms with Gasteiger partial charge >= 0.3 is 0 Å². The van der Waals surface area contributed by atoms with Gasteiger partial charge < -0.3 is 19.8 Å². The molecule has 0 spiro atoms. The highest BCUT2D eigenvalue weighted by molar-refractivity contribution is 7.22. The van der Waals surface area contributed by atoms with E-state index >= 15 is 0 Å². The van der Waals surface area contributed by atoms with Crippen LogP contribution in [0.5, 0.6) is 5.75 Å². The Kier molecular flexibility index (Phi) is 4.50. The fourth-order valence-electron chi connectivity index (χ4n) is 3.97. The Morgan fingerprint density at radius 3 is 2.59 bits per heavy atom. The molecule has 2 aliphatic rings. The molecule has 1 amide bonds. The molecule has 6 nitrogen and oxygen atoms in total. The minimum Gasteiger partial charge on any atom is -0.506 e. The lowest BCUT2D eigenvalue weighted by Crippen LogP contribution is -2.58. The van der Waals surface area contributed by atoms with Gasteiger partial charge in [0.15, 0.2) is 5.13 Å². The Hall–Kier alpha value is -2.87. The van der Waals surface area contributed by atoms with E-state index in [1.54, 1.807) is 12.1 Å². The molecule has 0 saturated carbocycles. The summed E-state index contributed by atoms with van der Waals surface area (Å²) in [5, 5.41) is 10.9. The standard InChI is InChI=1S/C21H21FN4O2S/c22-15-5-6-16-19(11-15)29-21(23-16)26-12-14(13-26)20(28)25-9-7-24(8-10-25)17-3-1-2-4-18(17)27/h1-6,11,14,27H,7-10,12-13H2. The van der Waals surface area contributed by atoms with E-state index in [2.05, 4.69) is 14.8 Å². The third kappa shape index (κ3) is 3.37. The number of phenols is 1. The fourth-order valence-corrected chi connectivity index (χ4v) is 4.98. The summed E-state index contributed by atoms with van der Waals surface area (Å²) in [5.41, 5.74) is 1.61. The van der Waals surface area contributed by atoms with Crippen LogP contribution < -0.4 is 9.80 Å². The molecule has 1 N–H and O–H groups in total. The van der Waals surface area contributed by atoms with Crippen LogP contribution in [-0.4, -0.2) is 60.2 Å². The molecule has 0 aliphatic carbocycles. The van der Waals surface area contributed by atoms with Gasteiger partial charge in [-0.05, 0) is 30.3 Å². The first kappa shape index (κ1) is 18.2. The summed E-state index contributed by atoms with van der Waals surface area (Å²) in [5.74, 6) is 0.186. The van der Waals surface area contributed by atoms with Crippen LogP contribution in [0.3, 0.4) is 0 Å². The summed E-state index contributed by atoms with van der Waals surface area (Å²) >= 11 is 1.46. The predicted molar refractivity (Wildman–Crippen MR) is 112 cm³/mol. The number of aromatic hydroxyl groups is 1. The van der Waals surface area contributed by atoms with Gasteiger partial charge in [-0.3, -0.25) is 4.79 Å². The molecule has 0 radical (unpaired) electrons. The zero-order valence-corrected chi connectivity index (χ0v) is 16.6. The highest BCUT2D eigenvalue weighted by Crippen LogP contribution is 2.34. The Balaban J connectivity index is 1.17. The Morgan fingerprint density at radius 1 is 1.07 bits per heavy atom. The molecule has 5 rings (SSSR count). The summed E-state index contributed by atoms with van der Waals surface area (Å²) in [6.07, 6.45) is 0. The van der Waals surface area contributed by atoms with Gasteiger partial charge in [0.05, 0.1) is 21.8 Å². The molecule has 3 aromatic rings. The number of carbonyl (C=O) groups is 1. The third-order valence-corrected chi connectivity index (χ3v) is 6.73. The average molecular weight is 412 g/mol. The number of anilines is 2. The number of halogens is 1. The molecule has 29 heavy (non-hydrogen) atoms. The van der Waals surface area contributed by atoms with Gasteiger partial charge in [0.2, 0.25) is 5.91 Å². The van der Waals surface area contributed by atoms with E-state index in [1.807, 2.05) is 23.1 Å². The summed E-state index contributed by atoms with van der Waals surface area (Å²) < 4.78 is 14.2. The van der Waals surface area contributed by atoms with E-state index in [4.69, 9.17) is 0 Å². The van der Waals surface area contributed by atoms with Crippen molar-refractivity contribution in [2.24, 2.45) is 5.92 Å². The van der Waals surface area contributed by atoms with Crippen molar-refractivity contribution in [3.8, 4) is 5.75 Å². The topological polar surface area (TPSA) is 59.9 Å². The number of amides is 1. The van der Waals surface area contributed by atoms with Gasteiger partial charge in [-0.2, -0.15) is 0 Å². The van der Waals surface area contributed by atoms with E-state index in [0.717, 1.165) is 21.0 Å². The summed E-state index contributed by atoms with van der Waals surface area (Å²) in [7, 11) is 0. The monoisotopic (exact) mass is 412 g/mol. The number of piperazine rings is 1. The lowest BCUT2D eigenvalue weighted by molar-refractivity contribution is -0.136. The number of hydrogen-bond acceptors (Lipinski definition) is 6. The maximum atomic E-state index is 13.4. The molecule has 0 atom stereocenters. The first-order valence-corrected chi connectivity index (χ1v) is 10.5. The second-order valence-corrected chi connectivity index (χ2v) is 8.52. The third-order valence-electron chi connectivity index (χ3n) is 5.65. The van der Waals surface area contributed by atoms with Gasteiger partial charge in [0.25, 0.3) is 0 Å². The van der Waals surface area contributed by atoms with E-state index in [1.165, 1.54) is 23.5 Å². The van der Waals surface area contributed by atoms with Crippen LogP contribution >= 0.6 is 11.3 Å². The van der Waals surface area contributed by atoms with Crippen LogP contribution in [0.4, 0.5) is 15.2 Å². The smallest absolute Gasteiger partial charge is 0.229 e. The van der Waals surface area contributed by atoms with Crippen molar-refractivity contribution >= 4 is 38.3 Å². The number of hydrogen-bond donors (Lipinski definition) is 1. The van der Waals surface area contributed by atoms with Crippen molar-refractivity contribution in [2.75, 3.05) is 49.1 Å². The second-order valence-electron chi connectivity index (χ2n) is 7.51. The average Bonchev–Trinajstić information content (AvgIpc) is 3.10. The van der Waals surface area contributed by atoms with E-state index in [0.29, 0.717) is 39.3 Å². The Bertz CT molecular complexity index is 1060. The molecular weight excluding hydrogens is 391 g/mol. The minimum absolute atomic E-state index is 0.0181. The van der Waals surface area contributed by atoms with Crippen LogP contribution in [0.25, 0.3) is 10.2 Å². The highest BCUT2D eigenvalue weighted by atomic mass is 32.1. The number of fused-ring (bicyclic) bond motifs is 1. The first-order chi connectivity index (χ1) is 14.1. The van der Waals surface area contributed by atoms with E-state index < -0.39 is 0 Å². The Morgan fingerprint density at radius 2 is 1.83 bits per heavy atom. The lowest BCUT2D eigenvalue weighted by atomic mass is 9.99. The van der Waals surface area contributed by atoms with Crippen molar-refractivity contribution in [2.45, 2.75) is 0 Å². The van der Waals surface area contributed by atoms with Crippen molar-refractivity contribution in [1.29, 1.82) is 0 Å². The number of aromatic nitrogens is 1. The maximum Gasteiger partial charge on any atom is 0.229 e. The quantitative estimate of drug-likeness (QED) is 0.717. The fraction of sp³-hybridized carbons (Fsp3) is 0.333. The minimum atomic E-state index is -0.257. The van der Waals surface area contributed by atoms with Crippen LogP contribution in [0.15, 0.2) is 42.5 Å². The molecule has 2 saturated heterocycles. The molecule has 2 aliphatic heterocycles. The zero-order valence-electron chi connectivity index (χ0n) is 15.8. The number of para-hydroxylation sites is 2. The molecule has 2 fully saturated rings. The summed E-state index contributed by atoms with van der Waals surface area (Å²) in [4.78, 5) is 23.5. The largest absolute Gasteiger partial charge is 0.506 e. The van der Waals surface area contributed by atoms with Gasteiger partial charge in [0, 0.05) is 39.3 Å². The van der Waals surface area contributed by atoms with Crippen LogP contribution in [0.1, 0.15) is 0 Å². The number of thiazole rings is 1. The number of rotatable bonds is 3. The van der Waals surface area contributed by atoms with Crippen molar-refractivity contribution in [3.63, 3.8) is 0 Å². The number of carbonyl (C=O) groups excluding carboxylic acids is 1. The molecule has 8 heteroatoms. The SMILES string of the molecule is O=C(C1CN(c2nc3ccc(F)cc3s2)C1)N1CCN(c2ccccc2O)CC1. The van der Waals surface area contributed by atoms with Crippen molar-refractivity contribution < 1.29 is 14.3 Å². The molecular formula is C21H21FN4O2S. The van der Waals surface area contributed by atoms with Crippen LogP contribution in [0.2, 0.25) is 0 Å². The van der Waals surface area contributed by atoms with Gasteiger partial charge in [-0.1, -0.05) is 23.5 Å². The van der Waals surface area contributed by atoms with Gasteiger partial charge in [-0.25, -0.2) is 9.37 Å². The number of benzene rings is 2. The summed E-state index contributed by atoms with van der Waals surface area (Å²) in [6, 6.07) is 11.9. The van der Waals surface area contributed by atoms with Gasteiger partial charge in [0.1, 0.15) is 11.6 Å². The van der Waals surface area contributed by atoms with E-state index in [-0.39, 0.29) is 23.4 Å². The Labute approximate surface area is 171 Å². The zero-order chi connectivity index (χ0) is 20.0.